The fourth-order valence-corrected chi connectivity index (χ4v) is 2.54. The summed E-state index contributed by atoms with van der Waals surface area (Å²) < 4.78 is 0. The van der Waals surface area contributed by atoms with Crippen LogP contribution in [0.25, 0.3) is 0 Å². The maximum atomic E-state index is 3.63. The van der Waals surface area contributed by atoms with Crippen molar-refractivity contribution in [3.63, 3.8) is 0 Å². The van der Waals surface area contributed by atoms with Gasteiger partial charge in [-0.05, 0) is 24.7 Å². The quantitative estimate of drug-likeness (QED) is 0.595. The van der Waals surface area contributed by atoms with Gasteiger partial charge in [0.05, 0.1) is 0 Å². The second-order valence-electron chi connectivity index (χ2n) is 5.70. The second kappa shape index (κ2) is 6.52. The van der Waals surface area contributed by atoms with Crippen LogP contribution in [0.4, 0.5) is 0 Å². The fraction of sp³-hybridized carbons (Fsp3) is 1.00. The van der Waals surface area contributed by atoms with Crippen molar-refractivity contribution in [3.8, 4) is 0 Å². The molecule has 0 atom stereocenters. The molecule has 1 heteroatoms. The zero-order valence-corrected chi connectivity index (χ0v) is 10.9. The first kappa shape index (κ1) is 13.0. The standard InChI is InChI=1S/C14H29N/c1-4-5-6-7-9-14(10-8-11-14)12-15-13(2)3/h13,15H,4-12H2,1-3H3. The molecule has 1 aliphatic rings. The van der Waals surface area contributed by atoms with Crippen molar-refractivity contribution in [2.75, 3.05) is 6.54 Å². The van der Waals surface area contributed by atoms with E-state index in [9.17, 15) is 0 Å². The number of nitrogens with one attached hydrogen (secondary N) is 1. The highest BCUT2D eigenvalue weighted by atomic mass is 14.9. The van der Waals surface area contributed by atoms with Crippen LogP contribution < -0.4 is 5.32 Å². The highest BCUT2D eigenvalue weighted by Crippen LogP contribution is 2.44. The Bertz CT molecular complexity index is 159. The summed E-state index contributed by atoms with van der Waals surface area (Å²) in [6.07, 6.45) is 11.6. The number of hydrogen-bond acceptors (Lipinski definition) is 1. The monoisotopic (exact) mass is 211 g/mol. The summed E-state index contributed by atoms with van der Waals surface area (Å²) in [5.74, 6) is 0. The van der Waals surface area contributed by atoms with E-state index in [1.54, 1.807) is 0 Å². The average molecular weight is 211 g/mol. The molecule has 1 saturated carbocycles. The van der Waals surface area contributed by atoms with Crippen LogP contribution in [0.3, 0.4) is 0 Å². The molecule has 90 valence electrons. The average Bonchev–Trinajstić information content (AvgIpc) is 2.14. The van der Waals surface area contributed by atoms with Gasteiger partial charge in [0.15, 0.2) is 0 Å². The van der Waals surface area contributed by atoms with Crippen molar-refractivity contribution in [2.24, 2.45) is 5.41 Å². The van der Waals surface area contributed by atoms with Gasteiger partial charge in [0.2, 0.25) is 0 Å². The Morgan fingerprint density at radius 3 is 2.33 bits per heavy atom. The van der Waals surface area contributed by atoms with E-state index >= 15 is 0 Å². The highest BCUT2D eigenvalue weighted by Gasteiger charge is 2.35. The van der Waals surface area contributed by atoms with Gasteiger partial charge in [-0.3, -0.25) is 0 Å². The number of rotatable bonds is 8. The Morgan fingerprint density at radius 2 is 1.87 bits per heavy atom. The maximum Gasteiger partial charge on any atom is 0.00106 e. The summed E-state index contributed by atoms with van der Waals surface area (Å²) in [5.41, 5.74) is 0.692. The first-order valence-electron chi connectivity index (χ1n) is 6.92. The van der Waals surface area contributed by atoms with Crippen molar-refractivity contribution in [1.82, 2.24) is 5.32 Å². The third-order valence-corrected chi connectivity index (χ3v) is 3.86. The molecule has 0 aromatic rings. The summed E-state index contributed by atoms with van der Waals surface area (Å²) in [6, 6.07) is 0.651. The van der Waals surface area contributed by atoms with Crippen LogP contribution in [-0.2, 0) is 0 Å². The van der Waals surface area contributed by atoms with Gasteiger partial charge in [0, 0.05) is 12.6 Å². The van der Waals surface area contributed by atoms with E-state index in [1.807, 2.05) is 0 Å². The summed E-state index contributed by atoms with van der Waals surface area (Å²) in [4.78, 5) is 0. The molecule has 0 aromatic heterocycles. The lowest BCUT2D eigenvalue weighted by molar-refractivity contribution is 0.109. The summed E-state index contributed by atoms with van der Waals surface area (Å²) in [7, 11) is 0. The number of hydrogen-bond donors (Lipinski definition) is 1. The van der Waals surface area contributed by atoms with Crippen LogP contribution in [-0.4, -0.2) is 12.6 Å². The predicted octanol–water partition coefficient (Wildman–Crippen LogP) is 4.13. The molecule has 1 fully saturated rings. The van der Waals surface area contributed by atoms with Crippen molar-refractivity contribution in [3.05, 3.63) is 0 Å². The molecule has 0 aromatic carbocycles. The molecule has 1 rings (SSSR count). The molecule has 0 aliphatic heterocycles. The molecular formula is C14H29N. The van der Waals surface area contributed by atoms with Crippen LogP contribution in [0.15, 0.2) is 0 Å². The Kier molecular flexibility index (Phi) is 5.66. The third-order valence-electron chi connectivity index (χ3n) is 3.86. The molecule has 0 saturated heterocycles. The van der Waals surface area contributed by atoms with Crippen molar-refractivity contribution in [2.45, 2.75) is 78.2 Å². The van der Waals surface area contributed by atoms with E-state index in [0.717, 1.165) is 0 Å². The summed E-state index contributed by atoms with van der Waals surface area (Å²) in [6.45, 7) is 8.06. The summed E-state index contributed by atoms with van der Waals surface area (Å²) >= 11 is 0. The van der Waals surface area contributed by atoms with Gasteiger partial charge in [0.25, 0.3) is 0 Å². The van der Waals surface area contributed by atoms with Gasteiger partial charge < -0.3 is 5.32 Å². The SMILES string of the molecule is CCCCCCC1(CNC(C)C)CCC1. The van der Waals surface area contributed by atoms with E-state index in [0.29, 0.717) is 11.5 Å². The van der Waals surface area contributed by atoms with Gasteiger partial charge >= 0.3 is 0 Å². The predicted molar refractivity (Wildman–Crippen MR) is 68.2 cm³/mol. The Labute approximate surface area is 96.0 Å². The minimum atomic E-state index is 0.651. The van der Waals surface area contributed by atoms with E-state index in [-0.39, 0.29) is 0 Å². The normalized spacial score (nSPS) is 19.2. The molecule has 0 bridgehead atoms. The van der Waals surface area contributed by atoms with Crippen molar-refractivity contribution >= 4 is 0 Å². The first-order valence-corrected chi connectivity index (χ1v) is 6.92. The zero-order valence-electron chi connectivity index (χ0n) is 10.9. The van der Waals surface area contributed by atoms with Crippen LogP contribution >= 0.6 is 0 Å². The number of unbranched alkanes of at least 4 members (excludes halogenated alkanes) is 3. The molecular weight excluding hydrogens is 182 g/mol. The van der Waals surface area contributed by atoms with E-state index in [2.05, 4.69) is 26.1 Å². The Hall–Kier alpha value is -0.0400. The van der Waals surface area contributed by atoms with Gasteiger partial charge in [-0.1, -0.05) is 52.9 Å². The molecule has 0 radical (unpaired) electrons. The first-order chi connectivity index (χ1) is 7.18. The molecule has 15 heavy (non-hydrogen) atoms. The third kappa shape index (κ3) is 4.55. The molecule has 0 amide bonds. The fourth-order valence-electron chi connectivity index (χ4n) is 2.54. The lowest BCUT2D eigenvalue weighted by Gasteiger charge is -2.43. The summed E-state index contributed by atoms with van der Waals surface area (Å²) in [5, 5.41) is 3.63. The Balaban J connectivity index is 2.15. The Morgan fingerprint density at radius 1 is 1.13 bits per heavy atom. The van der Waals surface area contributed by atoms with Gasteiger partial charge in [-0.25, -0.2) is 0 Å². The highest BCUT2D eigenvalue weighted by molar-refractivity contribution is 4.89. The smallest absolute Gasteiger partial charge is 0.00106 e. The molecule has 0 spiro atoms. The van der Waals surface area contributed by atoms with Crippen molar-refractivity contribution < 1.29 is 0 Å². The minimum Gasteiger partial charge on any atom is -0.314 e. The lowest BCUT2D eigenvalue weighted by Crippen LogP contribution is -2.42. The van der Waals surface area contributed by atoms with Crippen molar-refractivity contribution in [1.29, 1.82) is 0 Å². The van der Waals surface area contributed by atoms with Crippen LogP contribution in [0.5, 0.6) is 0 Å². The van der Waals surface area contributed by atoms with Gasteiger partial charge in [0.1, 0.15) is 0 Å². The topological polar surface area (TPSA) is 12.0 Å². The van der Waals surface area contributed by atoms with E-state index < -0.39 is 0 Å². The molecule has 1 nitrogen and oxygen atoms in total. The largest absolute Gasteiger partial charge is 0.314 e. The molecule has 1 aliphatic carbocycles. The van der Waals surface area contributed by atoms with Gasteiger partial charge in [-0.2, -0.15) is 0 Å². The maximum absolute atomic E-state index is 3.63. The molecule has 1 N–H and O–H groups in total. The van der Waals surface area contributed by atoms with Gasteiger partial charge in [-0.15, -0.1) is 0 Å². The van der Waals surface area contributed by atoms with Crippen LogP contribution in [0.2, 0.25) is 0 Å². The van der Waals surface area contributed by atoms with E-state index in [1.165, 1.54) is 57.9 Å². The van der Waals surface area contributed by atoms with Crippen LogP contribution in [0, 0.1) is 5.41 Å². The zero-order chi connectivity index (χ0) is 11.1. The van der Waals surface area contributed by atoms with Crippen LogP contribution in [0.1, 0.15) is 72.1 Å². The lowest BCUT2D eigenvalue weighted by atomic mass is 9.65. The van der Waals surface area contributed by atoms with E-state index in [4.69, 9.17) is 0 Å². The minimum absolute atomic E-state index is 0.651. The molecule has 0 unspecified atom stereocenters. The molecule has 0 heterocycles. The second-order valence-corrected chi connectivity index (χ2v) is 5.70.